The Morgan fingerprint density at radius 3 is 2.17 bits per heavy atom. The highest BCUT2D eigenvalue weighted by Gasteiger charge is 2.36. The summed E-state index contributed by atoms with van der Waals surface area (Å²) in [5.41, 5.74) is 6.92. The molecule has 0 spiro atoms. The molecule has 0 saturated heterocycles. The van der Waals surface area contributed by atoms with Crippen molar-refractivity contribution in [2.45, 2.75) is 26.7 Å². The fourth-order valence-corrected chi connectivity index (χ4v) is 3.13. The molecule has 3 rings (SSSR count). The van der Waals surface area contributed by atoms with E-state index < -0.39 is 30.2 Å². The molecule has 2 N–H and O–H groups in total. The first-order valence-corrected chi connectivity index (χ1v) is 9.54. The van der Waals surface area contributed by atoms with Crippen LogP contribution in [0.5, 0.6) is 5.75 Å². The molecule has 0 fully saturated rings. The Morgan fingerprint density at radius 2 is 1.57 bits per heavy atom. The van der Waals surface area contributed by atoms with Gasteiger partial charge in [-0.1, -0.05) is 38.1 Å². The third-order valence-electron chi connectivity index (χ3n) is 4.67. The number of carbonyl (C=O) groups excluding carboxylic acids is 4. The number of hydrogen-bond acceptors (Lipinski definition) is 5. The van der Waals surface area contributed by atoms with Crippen LogP contribution in [0.15, 0.2) is 42.5 Å². The smallest absolute Gasteiger partial charge is 0.276 e. The van der Waals surface area contributed by atoms with Crippen LogP contribution >= 0.6 is 0 Å². The van der Waals surface area contributed by atoms with E-state index in [2.05, 4.69) is 10.9 Å². The number of carbonyl (C=O) groups is 4. The van der Waals surface area contributed by atoms with Crippen molar-refractivity contribution in [1.82, 2.24) is 15.8 Å². The minimum atomic E-state index is -0.698. The molecule has 1 aliphatic heterocycles. The zero-order chi connectivity index (χ0) is 21.8. The highest BCUT2D eigenvalue weighted by molar-refractivity contribution is 6.22. The van der Waals surface area contributed by atoms with Crippen LogP contribution in [0.25, 0.3) is 0 Å². The van der Waals surface area contributed by atoms with Crippen molar-refractivity contribution in [3.05, 3.63) is 64.7 Å². The molecule has 2 aromatic carbocycles. The highest BCUT2D eigenvalue weighted by atomic mass is 16.5. The number of amides is 4. The summed E-state index contributed by atoms with van der Waals surface area (Å²) in [4.78, 5) is 49.5. The minimum absolute atomic E-state index is 0.225. The van der Waals surface area contributed by atoms with Crippen molar-refractivity contribution in [1.29, 1.82) is 0 Å². The Bertz CT molecular complexity index is 981. The SMILES string of the molecule is Cc1ccc(C(C)C)c(OCC(=O)NNC(=O)CN2C(=O)c3ccccc3C2=O)c1. The lowest BCUT2D eigenvalue weighted by Crippen LogP contribution is -2.48. The summed E-state index contributed by atoms with van der Waals surface area (Å²) in [6, 6.07) is 12.1. The van der Waals surface area contributed by atoms with Gasteiger partial charge in [-0.25, -0.2) is 0 Å². The highest BCUT2D eigenvalue weighted by Crippen LogP contribution is 2.27. The fourth-order valence-electron chi connectivity index (χ4n) is 3.13. The average molecular weight is 409 g/mol. The topological polar surface area (TPSA) is 105 Å². The summed E-state index contributed by atoms with van der Waals surface area (Å²) < 4.78 is 5.60. The molecule has 0 saturated carbocycles. The van der Waals surface area contributed by atoms with Gasteiger partial charge in [0.2, 0.25) is 0 Å². The fraction of sp³-hybridized carbons (Fsp3) is 0.273. The number of benzene rings is 2. The molecule has 4 amide bonds. The lowest BCUT2D eigenvalue weighted by atomic mass is 10.0. The van der Waals surface area contributed by atoms with Gasteiger partial charge in [0.25, 0.3) is 23.6 Å². The van der Waals surface area contributed by atoms with Gasteiger partial charge in [0.15, 0.2) is 6.61 Å². The molecule has 0 aliphatic carbocycles. The summed E-state index contributed by atoms with van der Waals surface area (Å²) in [5, 5.41) is 0. The number of nitrogens with one attached hydrogen (secondary N) is 2. The molecule has 1 aliphatic rings. The zero-order valence-electron chi connectivity index (χ0n) is 17.0. The van der Waals surface area contributed by atoms with Crippen LogP contribution in [-0.2, 0) is 9.59 Å². The molecule has 8 nitrogen and oxygen atoms in total. The lowest BCUT2D eigenvalue weighted by Gasteiger charge is -2.16. The van der Waals surface area contributed by atoms with E-state index in [0.717, 1.165) is 16.0 Å². The van der Waals surface area contributed by atoms with Gasteiger partial charge in [0.05, 0.1) is 11.1 Å². The third-order valence-corrected chi connectivity index (χ3v) is 4.67. The van der Waals surface area contributed by atoms with E-state index in [-0.39, 0.29) is 23.7 Å². The molecule has 0 radical (unpaired) electrons. The van der Waals surface area contributed by atoms with Crippen LogP contribution < -0.4 is 15.6 Å². The van der Waals surface area contributed by atoms with Crippen LogP contribution in [0.1, 0.15) is 51.6 Å². The van der Waals surface area contributed by atoms with Crippen molar-refractivity contribution < 1.29 is 23.9 Å². The third kappa shape index (κ3) is 4.48. The molecule has 0 bridgehead atoms. The van der Waals surface area contributed by atoms with Crippen molar-refractivity contribution in [2.75, 3.05) is 13.2 Å². The van der Waals surface area contributed by atoms with Gasteiger partial charge >= 0.3 is 0 Å². The van der Waals surface area contributed by atoms with E-state index in [1.54, 1.807) is 12.1 Å². The van der Waals surface area contributed by atoms with Crippen LogP contribution in [0.3, 0.4) is 0 Å². The first-order valence-electron chi connectivity index (χ1n) is 9.54. The van der Waals surface area contributed by atoms with Gasteiger partial charge < -0.3 is 4.74 Å². The second kappa shape index (κ2) is 8.77. The Hall–Kier alpha value is -3.68. The Morgan fingerprint density at radius 1 is 0.967 bits per heavy atom. The second-order valence-corrected chi connectivity index (χ2v) is 7.32. The number of hydrogen-bond donors (Lipinski definition) is 2. The van der Waals surface area contributed by atoms with Crippen molar-refractivity contribution in [2.24, 2.45) is 0 Å². The van der Waals surface area contributed by atoms with Crippen LogP contribution in [0, 0.1) is 6.92 Å². The van der Waals surface area contributed by atoms with Gasteiger partial charge in [0, 0.05) is 0 Å². The normalized spacial score (nSPS) is 12.7. The number of fused-ring (bicyclic) bond motifs is 1. The molecule has 0 atom stereocenters. The van der Waals surface area contributed by atoms with Gasteiger partial charge in [0.1, 0.15) is 12.3 Å². The standard InChI is InChI=1S/C22H23N3O5/c1-13(2)15-9-8-14(3)10-18(15)30-12-20(27)24-23-19(26)11-25-21(28)16-6-4-5-7-17(16)22(25)29/h4-10,13H,11-12H2,1-3H3,(H,23,26)(H,24,27). The maximum absolute atomic E-state index is 12.3. The molecule has 2 aromatic rings. The quantitative estimate of drug-likeness (QED) is 0.560. The van der Waals surface area contributed by atoms with Crippen molar-refractivity contribution >= 4 is 23.6 Å². The monoisotopic (exact) mass is 409 g/mol. The van der Waals surface area contributed by atoms with E-state index in [4.69, 9.17) is 4.74 Å². The van der Waals surface area contributed by atoms with E-state index in [9.17, 15) is 19.2 Å². The first-order chi connectivity index (χ1) is 14.3. The number of imide groups is 1. The first kappa shape index (κ1) is 21.0. The second-order valence-electron chi connectivity index (χ2n) is 7.32. The van der Waals surface area contributed by atoms with Crippen LogP contribution in [-0.4, -0.2) is 41.7 Å². The summed E-state index contributed by atoms with van der Waals surface area (Å²) in [6.07, 6.45) is 0. The summed E-state index contributed by atoms with van der Waals surface area (Å²) in [6.45, 7) is 5.18. The van der Waals surface area contributed by atoms with Gasteiger partial charge in [-0.2, -0.15) is 0 Å². The van der Waals surface area contributed by atoms with E-state index >= 15 is 0 Å². The Kier molecular flexibility index (Phi) is 6.15. The largest absolute Gasteiger partial charge is 0.483 e. The molecular weight excluding hydrogens is 386 g/mol. The van der Waals surface area contributed by atoms with Crippen LogP contribution in [0.2, 0.25) is 0 Å². The number of aryl methyl sites for hydroxylation is 1. The van der Waals surface area contributed by atoms with E-state index in [0.29, 0.717) is 5.75 Å². The molecule has 156 valence electrons. The van der Waals surface area contributed by atoms with Gasteiger partial charge in [-0.15, -0.1) is 0 Å². The lowest BCUT2D eigenvalue weighted by molar-refractivity contribution is -0.130. The Labute approximate surface area is 174 Å². The number of ether oxygens (including phenoxy) is 1. The maximum Gasteiger partial charge on any atom is 0.276 e. The van der Waals surface area contributed by atoms with E-state index in [1.165, 1.54) is 12.1 Å². The summed E-state index contributed by atoms with van der Waals surface area (Å²) in [5.74, 6) is -1.51. The zero-order valence-corrected chi connectivity index (χ0v) is 17.0. The number of rotatable bonds is 6. The minimum Gasteiger partial charge on any atom is -0.483 e. The molecule has 0 aromatic heterocycles. The van der Waals surface area contributed by atoms with E-state index in [1.807, 2.05) is 39.0 Å². The van der Waals surface area contributed by atoms with Crippen molar-refractivity contribution in [3.8, 4) is 5.75 Å². The molecule has 8 heteroatoms. The van der Waals surface area contributed by atoms with Gasteiger partial charge in [-0.3, -0.25) is 34.9 Å². The molecule has 1 heterocycles. The summed E-state index contributed by atoms with van der Waals surface area (Å²) >= 11 is 0. The molecular formula is C22H23N3O5. The summed E-state index contributed by atoms with van der Waals surface area (Å²) in [7, 11) is 0. The molecule has 0 unspecified atom stereocenters. The Balaban J connectivity index is 1.50. The predicted molar refractivity (Wildman–Crippen MR) is 109 cm³/mol. The van der Waals surface area contributed by atoms with Gasteiger partial charge in [-0.05, 0) is 42.2 Å². The predicted octanol–water partition coefficient (Wildman–Crippen LogP) is 1.94. The molecule has 30 heavy (non-hydrogen) atoms. The average Bonchev–Trinajstić information content (AvgIpc) is 2.95. The number of hydrazine groups is 1. The van der Waals surface area contributed by atoms with Crippen LogP contribution in [0.4, 0.5) is 0 Å². The maximum atomic E-state index is 12.3. The number of nitrogens with zero attached hydrogens (tertiary/aromatic N) is 1. The van der Waals surface area contributed by atoms with Crippen molar-refractivity contribution in [3.63, 3.8) is 0 Å².